The summed E-state index contributed by atoms with van der Waals surface area (Å²) < 4.78 is 0. The fourth-order valence-electron chi connectivity index (χ4n) is 7.15. The largest absolute Gasteiger partial charge is 0.507 e. The summed E-state index contributed by atoms with van der Waals surface area (Å²) in [6.45, 7) is 3.82. The minimum Gasteiger partial charge on any atom is -0.507 e. The molecular weight excluding hydrogens is 456 g/mol. The van der Waals surface area contributed by atoms with Crippen molar-refractivity contribution in [1.29, 1.82) is 0 Å². The van der Waals surface area contributed by atoms with E-state index in [9.17, 15) is 25.2 Å². The van der Waals surface area contributed by atoms with Gasteiger partial charge in [-0.15, -0.1) is 0 Å². The van der Waals surface area contributed by atoms with Gasteiger partial charge < -0.3 is 30.2 Å². The van der Waals surface area contributed by atoms with E-state index in [4.69, 9.17) is 0 Å². The number of anilines is 2. The van der Waals surface area contributed by atoms with Gasteiger partial charge in [-0.05, 0) is 74.6 Å². The third-order valence-electron chi connectivity index (χ3n) is 8.68. The molecule has 0 radical (unpaired) electrons. The zero-order valence-corrected chi connectivity index (χ0v) is 20.2. The van der Waals surface area contributed by atoms with Crippen molar-refractivity contribution >= 4 is 28.3 Å². The van der Waals surface area contributed by atoms with Crippen molar-refractivity contribution < 1.29 is 25.2 Å². The molecule has 0 atom stereocenters. The fraction of sp³-hybridized carbons (Fsp3) is 0.414. The van der Waals surface area contributed by atoms with Gasteiger partial charge in [-0.2, -0.15) is 0 Å². The third kappa shape index (κ3) is 2.83. The van der Waals surface area contributed by atoms with Gasteiger partial charge in [0.2, 0.25) is 5.78 Å². The number of allylic oxidation sites excluding steroid dienone is 2. The van der Waals surface area contributed by atoms with Crippen molar-refractivity contribution in [3.05, 3.63) is 57.0 Å². The number of carbonyl (C=O) groups is 1. The van der Waals surface area contributed by atoms with E-state index in [1.54, 1.807) is 6.07 Å². The summed E-state index contributed by atoms with van der Waals surface area (Å²) in [6, 6.07) is 3.62. The molecule has 1 aliphatic carbocycles. The highest BCUT2D eigenvalue weighted by Gasteiger charge is 2.40. The molecule has 36 heavy (non-hydrogen) atoms. The molecule has 4 heterocycles. The van der Waals surface area contributed by atoms with Crippen molar-refractivity contribution in [1.82, 2.24) is 0 Å². The second-order valence-electron chi connectivity index (χ2n) is 10.7. The van der Waals surface area contributed by atoms with Crippen molar-refractivity contribution in [3.63, 3.8) is 0 Å². The van der Waals surface area contributed by atoms with Crippen molar-refractivity contribution in [2.45, 2.75) is 51.4 Å². The number of phenols is 2. The van der Waals surface area contributed by atoms with Gasteiger partial charge in [-0.3, -0.25) is 4.79 Å². The quantitative estimate of drug-likeness (QED) is 0.501. The Labute approximate surface area is 209 Å². The molecule has 7 heteroatoms. The first-order valence-corrected chi connectivity index (χ1v) is 13.1. The highest BCUT2D eigenvalue weighted by molar-refractivity contribution is 6.37. The van der Waals surface area contributed by atoms with Gasteiger partial charge in [-0.1, -0.05) is 0 Å². The third-order valence-corrected chi connectivity index (χ3v) is 8.68. The minimum absolute atomic E-state index is 0.00435. The average Bonchev–Trinajstić information content (AvgIpc) is 3.11. The van der Waals surface area contributed by atoms with E-state index in [2.05, 4.69) is 9.80 Å². The number of benzene rings is 2. The number of aliphatic hydroxyl groups excluding tert-OH is 2. The molecule has 0 saturated heterocycles. The number of nitrogens with zero attached hydrogens (tertiary/aromatic N) is 2. The Bertz CT molecular complexity index is 1420. The number of ketones is 1. The van der Waals surface area contributed by atoms with Crippen molar-refractivity contribution in [3.8, 4) is 11.5 Å². The monoisotopic (exact) mass is 486 g/mol. The summed E-state index contributed by atoms with van der Waals surface area (Å²) in [7, 11) is 0. The van der Waals surface area contributed by atoms with Crippen LogP contribution in [0, 0.1) is 0 Å². The lowest BCUT2D eigenvalue weighted by molar-refractivity contribution is -0.112. The maximum Gasteiger partial charge on any atom is 0.232 e. The van der Waals surface area contributed by atoms with E-state index in [-0.39, 0.29) is 39.5 Å². The molecule has 4 N–H and O–H groups in total. The van der Waals surface area contributed by atoms with Crippen LogP contribution in [0.5, 0.6) is 11.5 Å². The summed E-state index contributed by atoms with van der Waals surface area (Å²) in [5.74, 6) is -1.66. The molecule has 2 aromatic rings. The lowest BCUT2D eigenvalue weighted by Crippen LogP contribution is -2.34. The van der Waals surface area contributed by atoms with E-state index in [1.165, 1.54) is 0 Å². The molecule has 5 aliphatic rings. The van der Waals surface area contributed by atoms with Crippen LogP contribution in [0.1, 0.15) is 59.1 Å². The summed E-state index contributed by atoms with van der Waals surface area (Å²) >= 11 is 0. The Morgan fingerprint density at radius 2 is 1.03 bits per heavy atom. The van der Waals surface area contributed by atoms with Crippen molar-refractivity contribution in [2.75, 3.05) is 36.0 Å². The zero-order valence-electron chi connectivity index (χ0n) is 20.2. The molecule has 0 aromatic heterocycles. The van der Waals surface area contributed by atoms with Gasteiger partial charge in [0.15, 0.2) is 5.76 Å². The number of carbonyl (C=O) groups excluding carboxylic acids is 1. The molecular formula is C29H30N2O5. The van der Waals surface area contributed by atoms with Crippen LogP contribution in [0.2, 0.25) is 0 Å². The summed E-state index contributed by atoms with van der Waals surface area (Å²) in [5.41, 5.74) is 6.32. The number of hydrogen-bond acceptors (Lipinski definition) is 7. The SMILES string of the molecule is O=C1C(O)=C(c2cc3c4c(c2O)CCCN4CCC3)C(O)=C1c1cc2c3c(c1O)CCCN3CCC2. The Morgan fingerprint density at radius 3 is 1.53 bits per heavy atom. The number of rotatable bonds is 2. The standard InChI is InChI=1S/C29H30N2O5/c32-25-17-7-3-11-30-9-1-5-15(23(17)30)13-19(25)21-27(34)22(29(36)28(21)35)20-14-16-6-2-10-31-12-4-8-18(24(16)31)26(20)33/h13-14,32-34H,1-12H2,(H,35,36). The molecule has 0 spiro atoms. The minimum atomic E-state index is -0.721. The van der Waals surface area contributed by atoms with Gasteiger partial charge >= 0.3 is 0 Å². The smallest absolute Gasteiger partial charge is 0.232 e. The van der Waals surface area contributed by atoms with Crippen LogP contribution < -0.4 is 9.80 Å². The highest BCUT2D eigenvalue weighted by Crippen LogP contribution is 2.51. The van der Waals surface area contributed by atoms with Crippen LogP contribution in [0.4, 0.5) is 11.4 Å². The molecule has 7 nitrogen and oxygen atoms in total. The van der Waals surface area contributed by atoms with Gasteiger partial charge in [0, 0.05) is 59.8 Å². The lowest BCUT2D eigenvalue weighted by atomic mass is 9.86. The summed E-state index contributed by atoms with van der Waals surface area (Å²) in [5, 5.41) is 45.0. The first-order chi connectivity index (χ1) is 17.5. The van der Waals surface area contributed by atoms with Gasteiger partial charge in [0.05, 0.1) is 11.1 Å². The number of hydrogen-bond donors (Lipinski definition) is 4. The van der Waals surface area contributed by atoms with Crippen LogP contribution >= 0.6 is 0 Å². The summed E-state index contributed by atoms with van der Waals surface area (Å²) in [4.78, 5) is 18.0. The zero-order chi connectivity index (χ0) is 24.7. The molecule has 0 bridgehead atoms. The first kappa shape index (κ1) is 21.7. The van der Waals surface area contributed by atoms with Crippen LogP contribution in [0.3, 0.4) is 0 Å². The molecule has 2 aromatic carbocycles. The van der Waals surface area contributed by atoms with E-state index < -0.39 is 11.5 Å². The van der Waals surface area contributed by atoms with Crippen LogP contribution in [0.15, 0.2) is 23.7 Å². The second-order valence-corrected chi connectivity index (χ2v) is 10.7. The predicted octanol–water partition coefficient (Wildman–Crippen LogP) is 4.32. The van der Waals surface area contributed by atoms with Gasteiger partial charge in [-0.25, -0.2) is 0 Å². The highest BCUT2D eigenvalue weighted by atomic mass is 16.3. The average molecular weight is 487 g/mol. The number of aliphatic hydroxyl groups is 2. The molecule has 0 unspecified atom stereocenters. The first-order valence-electron chi connectivity index (χ1n) is 13.1. The number of aryl methyl sites for hydroxylation is 2. The van der Waals surface area contributed by atoms with E-state index in [0.29, 0.717) is 12.8 Å². The molecule has 4 aliphatic heterocycles. The van der Waals surface area contributed by atoms with Crippen molar-refractivity contribution in [2.24, 2.45) is 0 Å². The maximum absolute atomic E-state index is 13.4. The van der Waals surface area contributed by atoms with E-state index in [1.807, 2.05) is 6.07 Å². The Kier molecular flexibility index (Phi) is 4.63. The maximum atomic E-state index is 13.4. The second kappa shape index (κ2) is 7.69. The number of Topliss-reactive ketones (excluding diaryl/α,β-unsaturated/α-hetero) is 1. The number of aromatic hydroxyl groups is 2. The molecule has 0 fully saturated rings. The predicted molar refractivity (Wildman–Crippen MR) is 138 cm³/mol. The normalized spacial score (nSPS) is 20.7. The Balaban J connectivity index is 1.41. The topological polar surface area (TPSA) is 104 Å². The Morgan fingerprint density at radius 1 is 0.583 bits per heavy atom. The number of phenolic OH excluding ortho intramolecular Hbond substituents is 2. The van der Waals surface area contributed by atoms with Crippen LogP contribution in [-0.4, -0.2) is 52.4 Å². The van der Waals surface area contributed by atoms with Gasteiger partial charge in [0.25, 0.3) is 0 Å². The lowest BCUT2D eigenvalue weighted by Gasteiger charge is -2.37. The van der Waals surface area contributed by atoms with Crippen LogP contribution in [0.25, 0.3) is 11.1 Å². The molecule has 7 rings (SSSR count). The molecule has 0 amide bonds. The van der Waals surface area contributed by atoms with E-state index >= 15 is 0 Å². The van der Waals surface area contributed by atoms with Gasteiger partial charge in [0.1, 0.15) is 17.3 Å². The van der Waals surface area contributed by atoms with E-state index in [0.717, 1.165) is 98.3 Å². The van der Waals surface area contributed by atoms with Crippen LogP contribution in [-0.2, 0) is 30.5 Å². The molecule has 186 valence electrons. The fourth-order valence-corrected chi connectivity index (χ4v) is 7.15. The Hall–Kier alpha value is -3.61. The molecule has 0 saturated carbocycles. The summed E-state index contributed by atoms with van der Waals surface area (Å²) in [6.07, 6.45) is 6.93.